The van der Waals surface area contributed by atoms with Crippen molar-refractivity contribution < 1.29 is 4.39 Å². The molecule has 0 saturated carbocycles. The van der Waals surface area contributed by atoms with Crippen LogP contribution in [0.4, 0.5) is 4.39 Å². The van der Waals surface area contributed by atoms with Gasteiger partial charge >= 0.3 is 0 Å². The van der Waals surface area contributed by atoms with Crippen molar-refractivity contribution in [3.05, 3.63) is 71.5 Å². The molecule has 0 spiro atoms. The summed E-state index contributed by atoms with van der Waals surface area (Å²) in [6.07, 6.45) is 0.946. The van der Waals surface area contributed by atoms with Gasteiger partial charge in [-0.2, -0.15) is 0 Å². The lowest BCUT2D eigenvalue weighted by molar-refractivity contribution is 0.356. The maximum Gasteiger partial charge on any atom is 0.123 e. The lowest BCUT2D eigenvalue weighted by Crippen LogP contribution is -2.44. The molecule has 0 bridgehead atoms. The van der Waals surface area contributed by atoms with Gasteiger partial charge in [-0.1, -0.05) is 56.3 Å². The standard InChI is InChI=1S/C18H22FN/c1-18(2,15-9-11-16(19)12-10-15)17(20-3)13-14-7-5-4-6-8-14/h4-12,17,20H,13H2,1-3H3. The van der Waals surface area contributed by atoms with E-state index < -0.39 is 0 Å². The van der Waals surface area contributed by atoms with Gasteiger partial charge in [-0.25, -0.2) is 4.39 Å². The van der Waals surface area contributed by atoms with Crippen LogP contribution in [0.1, 0.15) is 25.0 Å². The molecule has 0 fully saturated rings. The predicted octanol–water partition coefficient (Wildman–Crippen LogP) is 3.93. The molecular formula is C18H22FN. The summed E-state index contributed by atoms with van der Waals surface area (Å²) in [7, 11) is 1.98. The van der Waals surface area contributed by atoms with Crippen molar-refractivity contribution >= 4 is 0 Å². The Kier molecular flexibility index (Phi) is 4.56. The quantitative estimate of drug-likeness (QED) is 0.868. The van der Waals surface area contributed by atoms with Gasteiger partial charge < -0.3 is 5.32 Å². The molecular weight excluding hydrogens is 249 g/mol. The van der Waals surface area contributed by atoms with E-state index in [1.54, 1.807) is 0 Å². The first-order valence-corrected chi connectivity index (χ1v) is 7.01. The van der Waals surface area contributed by atoms with Crippen molar-refractivity contribution in [2.75, 3.05) is 7.05 Å². The topological polar surface area (TPSA) is 12.0 Å². The van der Waals surface area contributed by atoms with Gasteiger partial charge in [-0.15, -0.1) is 0 Å². The summed E-state index contributed by atoms with van der Waals surface area (Å²) < 4.78 is 13.1. The van der Waals surface area contributed by atoms with Crippen LogP contribution in [0.2, 0.25) is 0 Å². The highest BCUT2D eigenvalue weighted by atomic mass is 19.1. The van der Waals surface area contributed by atoms with E-state index in [9.17, 15) is 4.39 Å². The van der Waals surface area contributed by atoms with Crippen LogP contribution in [0.15, 0.2) is 54.6 Å². The highest BCUT2D eigenvalue weighted by molar-refractivity contribution is 5.28. The molecule has 1 N–H and O–H groups in total. The zero-order valence-corrected chi connectivity index (χ0v) is 12.4. The molecule has 1 atom stereocenters. The molecule has 0 aliphatic heterocycles. The Hall–Kier alpha value is -1.67. The van der Waals surface area contributed by atoms with Crippen molar-refractivity contribution in [3.63, 3.8) is 0 Å². The van der Waals surface area contributed by atoms with E-state index in [1.807, 2.05) is 25.2 Å². The van der Waals surface area contributed by atoms with Gasteiger partial charge in [-0.3, -0.25) is 0 Å². The zero-order chi connectivity index (χ0) is 14.6. The summed E-state index contributed by atoms with van der Waals surface area (Å²) in [4.78, 5) is 0. The summed E-state index contributed by atoms with van der Waals surface area (Å²) in [5.74, 6) is -0.186. The molecule has 0 aromatic heterocycles. The van der Waals surface area contributed by atoms with Crippen LogP contribution in [0.5, 0.6) is 0 Å². The fraction of sp³-hybridized carbons (Fsp3) is 0.333. The number of hydrogen-bond acceptors (Lipinski definition) is 1. The second-order valence-corrected chi connectivity index (χ2v) is 5.76. The average Bonchev–Trinajstić information content (AvgIpc) is 2.46. The van der Waals surface area contributed by atoms with Gasteiger partial charge in [0.25, 0.3) is 0 Å². The molecule has 106 valence electrons. The van der Waals surface area contributed by atoms with Gasteiger partial charge in [0.15, 0.2) is 0 Å². The van der Waals surface area contributed by atoms with Crippen LogP contribution in [0, 0.1) is 5.82 Å². The van der Waals surface area contributed by atoms with E-state index in [4.69, 9.17) is 0 Å². The van der Waals surface area contributed by atoms with E-state index in [0.717, 1.165) is 12.0 Å². The van der Waals surface area contributed by atoms with E-state index >= 15 is 0 Å². The van der Waals surface area contributed by atoms with Crippen molar-refractivity contribution in [1.82, 2.24) is 5.32 Å². The molecule has 20 heavy (non-hydrogen) atoms. The Balaban J connectivity index is 2.23. The minimum atomic E-state index is -0.186. The van der Waals surface area contributed by atoms with Gasteiger partial charge in [0.05, 0.1) is 0 Å². The van der Waals surface area contributed by atoms with Crippen molar-refractivity contribution in [1.29, 1.82) is 0 Å². The van der Waals surface area contributed by atoms with E-state index in [2.05, 4.69) is 43.4 Å². The van der Waals surface area contributed by atoms with Crippen LogP contribution in [-0.4, -0.2) is 13.1 Å². The fourth-order valence-corrected chi connectivity index (χ4v) is 2.65. The second kappa shape index (κ2) is 6.19. The van der Waals surface area contributed by atoms with Crippen LogP contribution in [-0.2, 0) is 11.8 Å². The molecule has 0 heterocycles. The molecule has 2 heteroatoms. The fourth-order valence-electron chi connectivity index (χ4n) is 2.65. The van der Waals surface area contributed by atoms with Gasteiger partial charge in [0, 0.05) is 11.5 Å². The normalized spacial score (nSPS) is 13.2. The Labute approximate surface area is 120 Å². The lowest BCUT2D eigenvalue weighted by Gasteiger charge is -2.35. The van der Waals surface area contributed by atoms with Crippen molar-refractivity contribution in [2.45, 2.75) is 31.7 Å². The molecule has 0 radical (unpaired) electrons. The average molecular weight is 271 g/mol. The monoisotopic (exact) mass is 271 g/mol. The van der Waals surface area contributed by atoms with Crippen LogP contribution in [0.3, 0.4) is 0 Å². The molecule has 0 amide bonds. The Bertz CT molecular complexity index is 531. The highest BCUT2D eigenvalue weighted by Gasteiger charge is 2.30. The number of rotatable bonds is 5. The lowest BCUT2D eigenvalue weighted by atomic mass is 9.75. The third-order valence-electron chi connectivity index (χ3n) is 4.09. The van der Waals surface area contributed by atoms with Crippen LogP contribution < -0.4 is 5.32 Å². The van der Waals surface area contributed by atoms with E-state index in [1.165, 1.54) is 17.7 Å². The van der Waals surface area contributed by atoms with E-state index in [-0.39, 0.29) is 17.3 Å². The largest absolute Gasteiger partial charge is 0.316 e. The number of halogens is 1. The zero-order valence-electron chi connectivity index (χ0n) is 12.4. The Morgan fingerprint density at radius 3 is 2.15 bits per heavy atom. The van der Waals surface area contributed by atoms with Gasteiger partial charge in [0.1, 0.15) is 5.82 Å². The van der Waals surface area contributed by atoms with Gasteiger partial charge in [-0.05, 0) is 36.7 Å². The first kappa shape index (κ1) is 14.7. The smallest absolute Gasteiger partial charge is 0.123 e. The third kappa shape index (κ3) is 3.26. The summed E-state index contributed by atoms with van der Waals surface area (Å²) in [5, 5.41) is 3.41. The first-order valence-electron chi connectivity index (χ1n) is 7.01. The molecule has 2 aromatic carbocycles. The Morgan fingerprint density at radius 2 is 1.60 bits per heavy atom. The summed E-state index contributed by atoms with van der Waals surface area (Å²) in [6.45, 7) is 4.40. The Morgan fingerprint density at radius 1 is 1.00 bits per heavy atom. The van der Waals surface area contributed by atoms with Gasteiger partial charge in [0.2, 0.25) is 0 Å². The molecule has 2 aromatic rings. The minimum absolute atomic E-state index is 0.0711. The van der Waals surface area contributed by atoms with E-state index in [0.29, 0.717) is 0 Å². The second-order valence-electron chi connectivity index (χ2n) is 5.76. The van der Waals surface area contributed by atoms with Crippen molar-refractivity contribution in [2.24, 2.45) is 0 Å². The molecule has 1 nitrogen and oxygen atoms in total. The molecule has 0 aliphatic rings. The molecule has 1 unspecified atom stereocenters. The van der Waals surface area contributed by atoms with Crippen molar-refractivity contribution in [3.8, 4) is 0 Å². The highest BCUT2D eigenvalue weighted by Crippen LogP contribution is 2.29. The SMILES string of the molecule is CNC(Cc1ccccc1)C(C)(C)c1ccc(F)cc1. The first-order chi connectivity index (χ1) is 9.54. The minimum Gasteiger partial charge on any atom is -0.316 e. The summed E-state index contributed by atoms with van der Waals surface area (Å²) in [6, 6.07) is 17.6. The summed E-state index contributed by atoms with van der Waals surface area (Å²) >= 11 is 0. The predicted molar refractivity (Wildman–Crippen MR) is 82.4 cm³/mol. The number of nitrogens with one attached hydrogen (secondary N) is 1. The number of likely N-dealkylation sites (N-methyl/N-ethyl adjacent to an activating group) is 1. The third-order valence-corrected chi connectivity index (χ3v) is 4.09. The summed E-state index contributed by atoms with van der Waals surface area (Å²) in [5.41, 5.74) is 2.38. The number of benzene rings is 2. The number of hydrogen-bond donors (Lipinski definition) is 1. The van der Waals surface area contributed by atoms with Crippen LogP contribution >= 0.6 is 0 Å². The van der Waals surface area contributed by atoms with Crippen LogP contribution in [0.25, 0.3) is 0 Å². The maximum atomic E-state index is 13.1. The molecule has 0 aliphatic carbocycles. The molecule has 2 rings (SSSR count). The maximum absolute atomic E-state index is 13.1. The molecule has 0 saturated heterocycles.